The van der Waals surface area contributed by atoms with E-state index in [1.54, 1.807) is 24.3 Å². The quantitative estimate of drug-likeness (QED) is 0.772. The van der Waals surface area contributed by atoms with Crippen molar-refractivity contribution < 1.29 is 14.7 Å². The Morgan fingerprint density at radius 1 is 1.24 bits per heavy atom. The number of hydrogen-bond acceptors (Lipinski definition) is 2. The SMILES string of the molecule is CCCCC(CC)C(=O)NC(C)(C(=O)O)c1ccccc1. The first kappa shape index (κ1) is 17.2. The Kier molecular flexibility index (Phi) is 6.40. The fourth-order valence-electron chi connectivity index (χ4n) is 2.34. The Balaban J connectivity index is 2.93. The number of carboxylic acids is 1. The van der Waals surface area contributed by atoms with Crippen LogP contribution in [0.15, 0.2) is 30.3 Å². The Labute approximate surface area is 126 Å². The van der Waals surface area contributed by atoms with Gasteiger partial charge < -0.3 is 10.4 Å². The van der Waals surface area contributed by atoms with Crippen LogP contribution < -0.4 is 5.32 Å². The summed E-state index contributed by atoms with van der Waals surface area (Å²) in [6, 6.07) is 8.82. The van der Waals surface area contributed by atoms with E-state index < -0.39 is 11.5 Å². The Morgan fingerprint density at radius 2 is 1.86 bits per heavy atom. The van der Waals surface area contributed by atoms with Gasteiger partial charge in [0, 0.05) is 5.92 Å². The van der Waals surface area contributed by atoms with Gasteiger partial charge in [0.05, 0.1) is 0 Å². The molecule has 0 aliphatic heterocycles. The number of nitrogens with one attached hydrogen (secondary N) is 1. The molecule has 21 heavy (non-hydrogen) atoms. The van der Waals surface area contributed by atoms with Crippen molar-refractivity contribution in [2.75, 3.05) is 0 Å². The zero-order valence-electron chi connectivity index (χ0n) is 13.1. The van der Waals surface area contributed by atoms with Gasteiger partial charge in [-0.3, -0.25) is 4.79 Å². The molecule has 1 rings (SSSR count). The second-order valence-electron chi connectivity index (χ2n) is 5.53. The van der Waals surface area contributed by atoms with Gasteiger partial charge in [-0.05, 0) is 25.3 Å². The summed E-state index contributed by atoms with van der Waals surface area (Å²) in [6.45, 7) is 5.57. The average Bonchev–Trinajstić information content (AvgIpc) is 2.48. The Bertz CT molecular complexity index is 472. The summed E-state index contributed by atoms with van der Waals surface area (Å²) in [4.78, 5) is 24.1. The third kappa shape index (κ3) is 4.31. The third-order valence-corrected chi connectivity index (χ3v) is 3.92. The number of amides is 1. The summed E-state index contributed by atoms with van der Waals surface area (Å²) in [5, 5.41) is 12.3. The van der Waals surface area contributed by atoms with Crippen molar-refractivity contribution in [1.82, 2.24) is 5.32 Å². The van der Waals surface area contributed by atoms with E-state index in [2.05, 4.69) is 12.2 Å². The zero-order valence-corrected chi connectivity index (χ0v) is 13.1. The van der Waals surface area contributed by atoms with Crippen molar-refractivity contribution in [2.45, 2.75) is 52.0 Å². The molecule has 0 heterocycles. The van der Waals surface area contributed by atoms with Crippen LogP contribution in [0.3, 0.4) is 0 Å². The number of unbranched alkanes of at least 4 members (excludes halogenated alkanes) is 1. The molecule has 1 amide bonds. The Morgan fingerprint density at radius 3 is 2.33 bits per heavy atom. The van der Waals surface area contributed by atoms with Crippen LogP contribution in [0.5, 0.6) is 0 Å². The first-order chi connectivity index (χ1) is 9.95. The molecule has 0 aliphatic carbocycles. The molecule has 4 heteroatoms. The summed E-state index contributed by atoms with van der Waals surface area (Å²) in [6.07, 6.45) is 3.51. The first-order valence-corrected chi connectivity index (χ1v) is 7.56. The molecule has 0 radical (unpaired) electrons. The molecule has 0 aliphatic rings. The molecule has 0 fully saturated rings. The molecule has 4 nitrogen and oxygen atoms in total. The number of rotatable bonds is 8. The molecule has 0 spiro atoms. The fourth-order valence-corrected chi connectivity index (χ4v) is 2.34. The number of carbonyl (C=O) groups excluding carboxylic acids is 1. The van der Waals surface area contributed by atoms with Gasteiger partial charge in [-0.1, -0.05) is 57.0 Å². The van der Waals surface area contributed by atoms with Gasteiger partial charge in [0.2, 0.25) is 5.91 Å². The lowest BCUT2D eigenvalue weighted by Crippen LogP contribution is -2.51. The molecule has 116 valence electrons. The number of aliphatic carboxylic acids is 1. The minimum absolute atomic E-state index is 0.132. The number of carboxylic acid groups (broad SMARTS) is 1. The van der Waals surface area contributed by atoms with Crippen LogP contribution in [0.2, 0.25) is 0 Å². The highest BCUT2D eigenvalue weighted by Gasteiger charge is 2.37. The number of hydrogen-bond donors (Lipinski definition) is 2. The van der Waals surface area contributed by atoms with Crippen molar-refractivity contribution in [2.24, 2.45) is 5.92 Å². The maximum Gasteiger partial charge on any atom is 0.333 e. The van der Waals surface area contributed by atoms with E-state index in [0.717, 1.165) is 25.7 Å². The van der Waals surface area contributed by atoms with Crippen LogP contribution in [-0.2, 0) is 15.1 Å². The normalized spacial score (nSPS) is 15.0. The van der Waals surface area contributed by atoms with Gasteiger partial charge in [-0.25, -0.2) is 4.79 Å². The van der Waals surface area contributed by atoms with E-state index in [0.29, 0.717) is 5.56 Å². The van der Waals surface area contributed by atoms with E-state index in [1.165, 1.54) is 6.92 Å². The number of carbonyl (C=O) groups is 2. The van der Waals surface area contributed by atoms with Crippen molar-refractivity contribution in [3.05, 3.63) is 35.9 Å². The van der Waals surface area contributed by atoms with Crippen molar-refractivity contribution in [3.63, 3.8) is 0 Å². The molecule has 0 bridgehead atoms. The fraction of sp³-hybridized carbons (Fsp3) is 0.529. The highest BCUT2D eigenvalue weighted by atomic mass is 16.4. The topological polar surface area (TPSA) is 66.4 Å². The predicted molar refractivity (Wildman–Crippen MR) is 82.9 cm³/mol. The Hall–Kier alpha value is -1.84. The van der Waals surface area contributed by atoms with Crippen LogP contribution in [-0.4, -0.2) is 17.0 Å². The minimum atomic E-state index is -1.39. The van der Waals surface area contributed by atoms with E-state index in [-0.39, 0.29) is 11.8 Å². The molecular formula is C17H25NO3. The van der Waals surface area contributed by atoms with E-state index in [4.69, 9.17) is 0 Å². The second kappa shape index (κ2) is 7.81. The van der Waals surface area contributed by atoms with Gasteiger partial charge in [0.15, 0.2) is 5.54 Å². The van der Waals surface area contributed by atoms with Crippen LogP contribution in [0.4, 0.5) is 0 Å². The van der Waals surface area contributed by atoms with Gasteiger partial charge >= 0.3 is 5.97 Å². The molecule has 1 aromatic carbocycles. The highest BCUT2D eigenvalue weighted by Crippen LogP contribution is 2.23. The maximum atomic E-state index is 12.4. The first-order valence-electron chi connectivity index (χ1n) is 7.56. The van der Waals surface area contributed by atoms with Crippen LogP contribution in [0.1, 0.15) is 52.0 Å². The minimum Gasteiger partial charge on any atom is -0.479 e. The standard InChI is InChI=1S/C17H25NO3/c1-4-6-10-13(5-2)15(19)18-17(3,16(20)21)14-11-8-7-9-12-14/h7-9,11-13H,4-6,10H2,1-3H3,(H,18,19)(H,20,21). The highest BCUT2D eigenvalue weighted by molar-refractivity contribution is 5.88. The van der Waals surface area contributed by atoms with Crippen LogP contribution >= 0.6 is 0 Å². The largest absolute Gasteiger partial charge is 0.479 e. The molecule has 2 N–H and O–H groups in total. The summed E-state index contributed by atoms with van der Waals surface area (Å²) in [5.74, 6) is -1.36. The third-order valence-electron chi connectivity index (χ3n) is 3.92. The molecule has 0 saturated heterocycles. The summed E-state index contributed by atoms with van der Waals surface area (Å²) < 4.78 is 0. The average molecular weight is 291 g/mol. The summed E-state index contributed by atoms with van der Waals surface area (Å²) >= 11 is 0. The summed E-state index contributed by atoms with van der Waals surface area (Å²) in [5.41, 5.74) is -0.811. The van der Waals surface area contributed by atoms with Crippen molar-refractivity contribution in [3.8, 4) is 0 Å². The zero-order chi connectivity index (χ0) is 15.9. The van der Waals surface area contributed by atoms with Crippen LogP contribution in [0.25, 0.3) is 0 Å². The monoisotopic (exact) mass is 291 g/mol. The lowest BCUT2D eigenvalue weighted by molar-refractivity contribution is -0.148. The van der Waals surface area contributed by atoms with E-state index in [1.807, 2.05) is 13.0 Å². The van der Waals surface area contributed by atoms with Crippen LogP contribution in [0, 0.1) is 5.92 Å². The van der Waals surface area contributed by atoms with Crippen molar-refractivity contribution >= 4 is 11.9 Å². The maximum absolute atomic E-state index is 12.4. The molecule has 0 saturated carbocycles. The van der Waals surface area contributed by atoms with Gasteiger partial charge in [0.25, 0.3) is 0 Å². The lowest BCUT2D eigenvalue weighted by atomic mass is 9.90. The molecule has 0 aromatic heterocycles. The molecule has 1 aromatic rings. The second-order valence-corrected chi connectivity index (χ2v) is 5.53. The van der Waals surface area contributed by atoms with Crippen molar-refractivity contribution in [1.29, 1.82) is 0 Å². The predicted octanol–water partition coefficient (Wildman–Crippen LogP) is 3.32. The molecule has 2 atom stereocenters. The lowest BCUT2D eigenvalue weighted by Gasteiger charge is -2.29. The van der Waals surface area contributed by atoms with E-state index >= 15 is 0 Å². The molecule has 2 unspecified atom stereocenters. The van der Waals surface area contributed by atoms with Gasteiger partial charge in [-0.15, -0.1) is 0 Å². The summed E-state index contributed by atoms with van der Waals surface area (Å²) in [7, 11) is 0. The molecular weight excluding hydrogens is 266 g/mol. The van der Waals surface area contributed by atoms with E-state index in [9.17, 15) is 14.7 Å². The number of benzene rings is 1. The smallest absolute Gasteiger partial charge is 0.333 e. The van der Waals surface area contributed by atoms with Gasteiger partial charge in [0.1, 0.15) is 0 Å². The van der Waals surface area contributed by atoms with Gasteiger partial charge in [-0.2, -0.15) is 0 Å².